The Balaban J connectivity index is 3.73. The molecule has 0 bridgehead atoms. The second-order valence-electron chi connectivity index (χ2n) is 3.27. The fraction of sp³-hybridized carbons (Fsp3) is 0.250. The zero-order valence-corrected chi connectivity index (χ0v) is 10.0. The van der Waals surface area contributed by atoms with Crippen molar-refractivity contribution >= 4 is 22.5 Å². The van der Waals surface area contributed by atoms with E-state index in [0.717, 1.165) is 0 Å². The molecule has 0 radical (unpaired) electrons. The van der Waals surface area contributed by atoms with Gasteiger partial charge in [0.15, 0.2) is 0 Å². The average molecular weight is 339 g/mol. The quantitative estimate of drug-likeness (QED) is 0.365. The highest BCUT2D eigenvalue weighted by atomic mass is 35.5. The molecule has 0 spiro atoms. The molecule has 0 aromatic carbocycles. The van der Waals surface area contributed by atoms with E-state index in [1.807, 2.05) is 0 Å². The van der Waals surface area contributed by atoms with Crippen molar-refractivity contribution in [1.29, 1.82) is 0 Å². The van der Waals surface area contributed by atoms with E-state index >= 15 is 0 Å². The fourth-order valence-corrected chi connectivity index (χ4v) is 1.46. The van der Waals surface area contributed by atoms with E-state index in [1.165, 1.54) is 0 Å². The summed E-state index contributed by atoms with van der Waals surface area (Å²) in [5.74, 6) is -2.07. The number of hydrogen-bond acceptors (Lipinski definition) is 5. The summed E-state index contributed by atoms with van der Waals surface area (Å²) >= 11 is 4.80. The first kappa shape index (κ1) is 16.9. The second kappa shape index (κ2) is 5.35. The SMILES string of the molecule is O=C(Cl)c1c([N+](=O)[O-])cnc(OC(F)(F)F)c1C(F)(F)F. The van der Waals surface area contributed by atoms with Gasteiger partial charge in [-0.05, 0) is 11.6 Å². The van der Waals surface area contributed by atoms with E-state index in [4.69, 9.17) is 11.6 Å². The predicted octanol–water partition coefficient (Wildman–Crippen LogP) is 3.29. The van der Waals surface area contributed by atoms with Crippen LogP contribution in [0.15, 0.2) is 6.20 Å². The Bertz CT molecular complexity index is 600. The number of alkyl halides is 6. The Kier molecular flexibility index (Phi) is 4.32. The highest BCUT2D eigenvalue weighted by Gasteiger charge is 2.46. The van der Waals surface area contributed by atoms with Crippen LogP contribution in [0.1, 0.15) is 15.9 Å². The number of nitrogens with zero attached hydrogens (tertiary/aromatic N) is 2. The first-order valence-electron chi connectivity index (χ1n) is 4.54. The van der Waals surface area contributed by atoms with Gasteiger partial charge in [0.1, 0.15) is 17.3 Å². The second-order valence-corrected chi connectivity index (χ2v) is 3.62. The molecule has 13 heteroatoms. The van der Waals surface area contributed by atoms with Gasteiger partial charge in [0, 0.05) is 0 Å². The van der Waals surface area contributed by atoms with Crippen LogP contribution in [0.3, 0.4) is 0 Å². The lowest BCUT2D eigenvalue weighted by Crippen LogP contribution is -2.23. The molecule has 0 unspecified atom stereocenters. The smallest absolute Gasteiger partial charge is 0.387 e. The lowest BCUT2D eigenvalue weighted by molar-refractivity contribution is -0.385. The molecule has 1 aromatic rings. The van der Waals surface area contributed by atoms with Crippen molar-refractivity contribution in [1.82, 2.24) is 4.98 Å². The molecule has 0 saturated heterocycles. The number of rotatable bonds is 3. The number of halogens is 7. The van der Waals surface area contributed by atoms with Crippen molar-refractivity contribution in [2.75, 3.05) is 0 Å². The fourth-order valence-electron chi connectivity index (χ4n) is 1.27. The Morgan fingerprint density at radius 2 is 1.81 bits per heavy atom. The zero-order chi connectivity index (χ0) is 16.6. The zero-order valence-electron chi connectivity index (χ0n) is 9.25. The van der Waals surface area contributed by atoms with Crippen molar-refractivity contribution in [2.24, 2.45) is 0 Å². The largest absolute Gasteiger partial charge is 0.574 e. The minimum atomic E-state index is -5.60. The molecule has 6 nitrogen and oxygen atoms in total. The molecule has 0 atom stereocenters. The number of carbonyl (C=O) groups is 1. The molecular formula is C8HClF6N2O4. The number of carbonyl (C=O) groups excluding carboxylic acids is 1. The van der Waals surface area contributed by atoms with Crippen LogP contribution in [-0.2, 0) is 6.18 Å². The number of ether oxygens (including phenoxy) is 1. The molecule has 0 aliphatic heterocycles. The third-order valence-corrected chi connectivity index (χ3v) is 2.10. The number of pyridine rings is 1. The van der Waals surface area contributed by atoms with Gasteiger partial charge in [0.05, 0.1) is 4.92 Å². The van der Waals surface area contributed by atoms with Gasteiger partial charge in [-0.25, -0.2) is 4.98 Å². The van der Waals surface area contributed by atoms with Crippen LogP contribution in [0.25, 0.3) is 0 Å². The highest BCUT2D eigenvalue weighted by molar-refractivity contribution is 6.68. The van der Waals surface area contributed by atoms with Crippen LogP contribution < -0.4 is 4.74 Å². The Hall–Kier alpha value is -2.11. The third-order valence-electron chi connectivity index (χ3n) is 1.91. The maximum absolute atomic E-state index is 12.8. The van der Waals surface area contributed by atoms with E-state index < -0.39 is 45.4 Å². The summed E-state index contributed by atoms with van der Waals surface area (Å²) in [5.41, 5.74) is -5.67. The Labute approximate surface area is 115 Å². The summed E-state index contributed by atoms with van der Waals surface area (Å²) in [6.07, 6.45) is -11.2. The summed E-state index contributed by atoms with van der Waals surface area (Å²) in [7, 11) is 0. The number of hydrogen-bond donors (Lipinski definition) is 0. The monoisotopic (exact) mass is 338 g/mol. The first-order chi connectivity index (χ1) is 9.34. The Morgan fingerprint density at radius 1 is 1.29 bits per heavy atom. The van der Waals surface area contributed by atoms with Crippen molar-refractivity contribution in [3.63, 3.8) is 0 Å². The van der Waals surface area contributed by atoms with Gasteiger partial charge in [0.2, 0.25) is 5.88 Å². The van der Waals surface area contributed by atoms with Crippen LogP contribution in [0.5, 0.6) is 5.88 Å². The lowest BCUT2D eigenvalue weighted by atomic mass is 10.1. The number of nitro groups is 1. The van der Waals surface area contributed by atoms with Gasteiger partial charge < -0.3 is 4.74 Å². The molecule has 1 aromatic heterocycles. The van der Waals surface area contributed by atoms with Gasteiger partial charge >= 0.3 is 18.2 Å². The standard InChI is InChI=1S/C8HClF6N2O4/c9-5(18)3-2(17(19)20)1-16-6(21-8(13,14)15)4(3)7(10,11)12/h1H. The van der Waals surface area contributed by atoms with Crippen LogP contribution >= 0.6 is 11.6 Å². The molecule has 0 aliphatic carbocycles. The molecule has 1 rings (SSSR count). The first-order valence-corrected chi connectivity index (χ1v) is 4.92. The molecule has 1 heterocycles. The van der Waals surface area contributed by atoms with E-state index in [9.17, 15) is 41.3 Å². The normalized spacial score (nSPS) is 12.1. The van der Waals surface area contributed by atoms with Crippen molar-refractivity contribution in [2.45, 2.75) is 12.5 Å². The van der Waals surface area contributed by atoms with Crippen molar-refractivity contribution < 1.29 is 40.8 Å². The van der Waals surface area contributed by atoms with Gasteiger partial charge in [-0.15, -0.1) is 13.2 Å². The summed E-state index contributed by atoms with van der Waals surface area (Å²) in [6.45, 7) is 0. The van der Waals surface area contributed by atoms with E-state index in [-0.39, 0.29) is 6.20 Å². The highest BCUT2D eigenvalue weighted by Crippen LogP contribution is 2.42. The van der Waals surface area contributed by atoms with Gasteiger partial charge in [-0.2, -0.15) is 13.2 Å². The van der Waals surface area contributed by atoms with Gasteiger partial charge in [0.25, 0.3) is 5.24 Å². The average Bonchev–Trinajstić information content (AvgIpc) is 2.23. The topological polar surface area (TPSA) is 82.3 Å². The molecule has 116 valence electrons. The van der Waals surface area contributed by atoms with Crippen molar-refractivity contribution in [3.8, 4) is 5.88 Å². The summed E-state index contributed by atoms with van der Waals surface area (Å²) in [6, 6.07) is 0. The van der Waals surface area contributed by atoms with E-state index in [1.54, 1.807) is 0 Å². The Morgan fingerprint density at radius 3 is 2.14 bits per heavy atom. The molecule has 21 heavy (non-hydrogen) atoms. The molecule has 0 fully saturated rings. The molecule has 0 N–H and O–H groups in total. The van der Waals surface area contributed by atoms with Gasteiger partial charge in [-0.1, -0.05) is 0 Å². The maximum atomic E-state index is 12.8. The van der Waals surface area contributed by atoms with Crippen LogP contribution in [0.4, 0.5) is 32.0 Å². The summed E-state index contributed by atoms with van der Waals surface area (Å²) in [4.78, 5) is 22.6. The minimum Gasteiger partial charge on any atom is -0.387 e. The lowest BCUT2D eigenvalue weighted by Gasteiger charge is -2.15. The summed E-state index contributed by atoms with van der Waals surface area (Å²) in [5, 5.41) is 8.54. The molecular weight excluding hydrogens is 338 g/mol. The third kappa shape index (κ3) is 3.93. The van der Waals surface area contributed by atoms with Crippen LogP contribution in [0.2, 0.25) is 0 Å². The molecule has 0 saturated carbocycles. The van der Waals surface area contributed by atoms with Crippen LogP contribution in [0, 0.1) is 10.1 Å². The number of aromatic nitrogens is 1. The van der Waals surface area contributed by atoms with Gasteiger partial charge in [-0.3, -0.25) is 14.9 Å². The van der Waals surface area contributed by atoms with Crippen LogP contribution in [-0.4, -0.2) is 21.5 Å². The van der Waals surface area contributed by atoms with Crippen molar-refractivity contribution in [3.05, 3.63) is 27.4 Å². The minimum absolute atomic E-state index is 0.00588. The van der Waals surface area contributed by atoms with E-state index in [0.29, 0.717) is 0 Å². The van der Waals surface area contributed by atoms with E-state index in [2.05, 4.69) is 9.72 Å². The molecule has 0 amide bonds. The summed E-state index contributed by atoms with van der Waals surface area (Å²) < 4.78 is 77.4. The predicted molar refractivity (Wildman–Crippen MR) is 52.8 cm³/mol. The maximum Gasteiger partial charge on any atom is 0.574 e. The molecule has 0 aliphatic rings.